The van der Waals surface area contributed by atoms with E-state index in [4.69, 9.17) is 4.74 Å². The Morgan fingerprint density at radius 1 is 1.16 bits per heavy atom. The van der Waals surface area contributed by atoms with E-state index in [9.17, 15) is 4.79 Å². The fraction of sp³-hybridized carbons (Fsp3) is 0.238. The van der Waals surface area contributed by atoms with E-state index in [1.807, 2.05) is 66.5 Å². The van der Waals surface area contributed by atoms with Gasteiger partial charge < -0.3 is 4.74 Å². The van der Waals surface area contributed by atoms with Crippen LogP contribution in [-0.2, 0) is 13.2 Å². The van der Waals surface area contributed by atoms with Crippen molar-refractivity contribution in [1.82, 2.24) is 9.78 Å². The van der Waals surface area contributed by atoms with Crippen LogP contribution in [0.3, 0.4) is 0 Å². The second-order valence-corrected chi connectivity index (χ2v) is 6.10. The summed E-state index contributed by atoms with van der Waals surface area (Å²) in [5.74, 6) is 0.642. The highest BCUT2D eigenvalue weighted by atomic mass is 16.5. The Morgan fingerprint density at radius 3 is 2.68 bits per heavy atom. The molecule has 0 saturated carbocycles. The van der Waals surface area contributed by atoms with Crippen LogP contribution in [0.15, 0.2) is 54.9 Å². The average Bonchev–Trinajstić information content (AvgIpc) is 3.10. The number of carbonyl (C=O) groups excluding carboxylic acids is 1. The molecule has 3 aromatic rings. The average molecular weight is 334 g/mol. The zero-order valence-electron chi connectivity index (χ0n) is 14.6. The Labute approximate surface area is 148 Å². The molecular weight excluding hydrogens is 312 g/mol. The van der Waals surface area contributed by atoms with Crippen molar-refractivity contribution in [2.45, 2.75) is 33.4 Å². The molecule has 25 heavy (non-hydrogen) atoms. The molecule has 0 bridgehead atoms. The lowest BCUT2D eigenvalue weighted by Gasteiger charge is -2.13. The highest BCUT2D eigenvalue weighted by Gasteiger charge is 2.12. The molecule has 0 saturated heterocycles. The number of aromatic nitrogens is 2. The van der Waals surface area contributed by atoms with Crippen LogP contribution in [0.2, 0.25) is 0 Å². The molecule has 0 aliphatic carbocycles. The van der Waals surface area contributed by atoms with Crippen molar-refractivity contribution < 1.29 is 9.53 Å². The van der Waals surface area contributed by atoms with Gasteiger partial charge in [-0.25, -0.2) is 0 Å². The molecule has 0 aliphatic rings. The van der Waals surface area contributed by atoms with E-state index in [1.165, 1.54) is 0 Å². The van der Waals surface area contributed by atoms with Crippen LogP contribution < -0.4 is 4.74 Å². The second kappa shape index (κ2) is 7.79. The molecule has 0 fully saturated rings. The lowest BCUT2D eigenvalue weighted by atomic mass is 10.0. The Bertz CT molecular complexity index is 854. The molecule has 0 aliphatic heterocycles. The van der Waals surface area contributed by atoms with Crippen molar-refractivity contribution in [1.29, 1.82) is 0 Å². The van der Waals surface area contributed by atoms with E-state index < -0.39 is 0 Å². The smallest absolute Gasteiger partial charge is 0.153 e. The van der Waals surface area contributed by atoms with Gasteiger partial charge in [0, 0.05) is 18.3 Å². The standard InChI is InChI=1S/C21H22N2O2/c1-3-9-23-13-20(12-22-23)18-10-16(2)21(19(11-18)14-24)25-15-17-7-5-4-6-8-17/h4-8,10-14H,3,9,15H2,1-2H3. The number of ether oxygens (including phenoxy) is 1. The van der Waals surface area contributed by atoms with Crippen LogP contribution in [0.1, 0.15) is 34.8 Å². The van der Waals surface area contributed by atoms with Gasteiger partial charge in [0.1, 0.15) is 12.4 Å². The minimum Gasteiger partial charge on any atom is -0.488 e. The highest BCUT2D eigenvalue weighted by Crippen LogP contribution is 2.30. The lowest BCUT2D eigenvalue weighted by Crippen LogP contribution is -2.01. The van der Waals surface area contributed by atoms with E-state index in [1.54, 1.807) is 0 Å². The first-order valence-corrected chi connectivity index (χ1v) is 8.50. The summed E-state index contributed by atoms with van der Waals surface area (Å²) < 4.78 is 7.85. The molecule has 0 radical (unpaired) electrons. The number of hydrogen-bond acceptors (Lipinski definition) is 3. The molecule has 0 spiro atoms. The van der Waals surface area contributed by atoms with Crippen molar-refractivity contribution in [3.05, 3.63) is 71.5 Å². The van der Waals surface area contributed by atoms with Gasteiger partial charge in [-0.1, -0.05) is 37.3 Å². The van der Waals surface area contributed by atoms with E-state index in [2.05, 4.69) is 12.0 Å². The summed E-state index contributed by atoms with van der Waals surface area (Å²) in [5, 5.41) is 4.36. The van der Waals surface area contributed by atoms with E-state index >= 15 is 0 Å². The van der Waals surface area contributed by atoms with E-state index in [-0.39, 0.29) is 0 Å². The van der Waals surface area contributed by atoms with Crippen LogP contribution in [0, 0.1) is 6.92 Å². The fourth-order valence-corrected chi connectivity index (χ4v) is 2.85. The zero-order chi connectivity index (χ0) is 17.6. The predicted octanol–water partition coefficient (Wildman–Crippen LogP) is 4.66. The van der Waals surface area contributed by atoms with Crippen molar-refractivity contribution in [3.63, 3.8) is 0 Å². The largest absolute Gasteiger partial charge is 0.488 e. The van der Waals surface area contributed by atoms with Crippen LogP contribution in [-0.4, -0.2) is 16.1 Å². The molecule has 0 atom stereocenters. The first kappa shape index (κ1) is 17.0. The molecule has 128 valence electrons. The lowest BCUT2D eigenvalue weighted by molar-refractivity contribution is 0.111. The maximum absolute atomic E-state index is 11.6. The van der Waals surface area contributed by atoms with Crippen molar-refractivity contribution >= 4 is 6.29 Å². The van der Waals surface area contributed by atoms with Crippen LogP contribution in [0.4, 0.5) is 0 Å². The van der Waals surface area contributed by atoms with Gasteiger partial charge in [0.2, 0.25) is 0 Å². The minimum atomic E-state index is 0.441. The summed E-state index contributed by atoms with van der Waals surface area (Å²) >= 11 is 0. The summed E-state index contributed by atoms with van der Waals surface area (Å²) in [6.07, 6.45) is 5.74. The third-order valence-electron chi connectivity index (χ3n) is 4.08. The molecule has 1 heterocycles. The van der Waals surface area contributed by atoms with E-state index in [0.717, 1.165) is 41.5 Å². The van der Waals surface area contributed by atoms with Crippen molar-refractivity contribution in [2.24, 2.45) is 0 Å². The Balaban J connectivity index is 1.86. The third kappa shape index (κ3) is 3.97. The Hall–Kier alpha value is -2.88. The molecule has 2 aromatic carbocycles. The molecule has 3 rings (SSSR count). The first-order chi connectivity index (χ1) is 12.2. The maximum Gasteiger partial charge on any atom is 0.153 e. The van der Waals surface area contributed by atoms with Gasteiger partial charge in [0.15, 0.2) is 6.29 Å². The van der Waals surface area contributed by atoms with Gasteiger partial charge in [-0.15, -0.1) is 0 Å². The second-order valence-electron chi connectivity index (χ2n) is 6.10. The topological polar surface area (TPSA) is 44.1 Å². The SMILES string of the molecule is CCCn1cc(-c2cc(C)c(OCc3ccccc3)c(C=O)c2)cn1. The molecular formula is C21H22N2O2. The monoisotopic (exact) mass is 334 g/mol. The number of aryl methyl sites for hydroxylation is 2. The highest BCUT2D eigenvalue weighted by molar-refractivity contribution is 5.84. The summed E-state index contributed by atoms with van der Waals surface area (Å²) in [7, 11) is 0. The molecule has 4 nitrogen and oxygen atoms in total. The maximum atomic E-state index is 11.6. The fourth-order valence-electron chi connectivity index (χ4n) is 2.85. The van der Waals surface area contributed by atoms with Crippen LogP contribution in [0.25, 0.3) is 11.1 Å². The predicted molar refractivity (Wildman–Crippen MR) is 98.9 cm³/mol. The van der Waals surface area contributed by atoms with Crippen LogP contribution in [0.5, 0.6) is 5.75 Å². The number of hydrogen-bond donors (Lipinski definition) is 0. The van der Waals surface area contributed by atoms with Gasteiger partial charge in [-0.2, -0.15) is 5.10 Å². The van der Waals surface area contributed by atoms with Crippen LogP contribution >= 0.6 is 0 Å². The molecule has 0 unspecified atom stereocenters. The van der Waals surface area contributed by atoms with Gasteiger partial charge in [-0.3, -0.25) is 9.48 Å². The normalized spacial score (nSPS) is 10.6. The first-order valence-electron chi connectivity index (χ1n) is 8.50. The number of benzene rings is 2. The molecule has 1 aromatic heterocycles. The molecule has 0 N–H and O–H groups in total. The summed E-state index contributed by atoms with van der Waals surface area (Å²) in [4.78, 5) is 11.6. The Morgan fingerprint density at radius 2 is 1.96 bits per heavy atom. The summed E-state index contributed by atoms with van der Waals surface area (Å²) in [5.41, 5.74) is 4.57. The molecule has 0 amide bonds. The van der Waals surface area contributed by atoms with Crippen molar-refractivity contribution in [3.8, 4) is 16.9 Å². The number of nitrogens with zero attached hydrogens (tertiary/aromatic N) is 2. The third-order valence-corrected chi connectivity index (χ3v) is 4.08. The number of carbonyl (C=O) groups is 1. The Kier molecular flexibility index (Phi) is 5.29. The number of rotatable bonds is 7. The van der Waals surface area contributed by atoms with Crippen molar-refractivity contribution in [2.75, 3.05) is 0 Å². The molecule has 4 heteroatoms. The minimum absolute atomic E-state index is 0.441. The summed E-state index contributed by atoms with van der Waals surface area (Å²) in [6, 6.07) is 13.8. The quantitative estimate of drug-likeness (QED) is 0.590. The number of aldehydes is 1. The summed E-state index contributed by atoms with van der Waals surface area (Å²) in [6.45, 7) is 5.41. The van der Waals surface area contributed by atoms with Gasteiger partial charge in [-0.05, 0) is 42.2 Å². The van der Waals surface area contributed by atoms with Gasteiger partial charge >= 0.3 is 0 Å². The van der Waals surface area contributed by atoms with Gasteiger partial charge in [0.25, 0.3) is 0 Å². The van der Waals surface area contributed by atoms with E-state index in [0.29, 0.717) is 17.9 Å². The zero-order valence-corrected chi connectivity index (χ0v) is 14.6. The van der Waals surface area contributed by atoms with Gasteiger partial charge in [0.05, 0.1) is 11.8 Å².